The van der Waals surface area contributed by atoms with Crippen molar-refractivity contribution >= 4 is 5.91 Å². The molecule has 1 amide bonds. The van der Waals surface area contributed by atoms with E-state index >= 15 is 0 Å². The van der Waals surface area contributed by atoms with E-state index in [9.17, 15) is 4.79 Å². The highest BCUT2D eigenvalue weighted by atomic mass is 16.7. The largest absolute Gasteiger partial charge is 0.403 e. The van der Waals surface area contributed by atoms with E-state index < -0.39 is 0 Å². The summed E-state index contributed by atoms with van der Waals surface area (Å²) < 4.78 is 0. The predicted octanol–water partition coefficient (Wildman–Crippen LogP) is 1.49. The topological polar surface area (TPSA) is 50.4 Å². The maximum Gasteiger partial charge on any atom is 0.288 e. The molecule has 0 bridgehead atoms. The fourth-order valence-corrected chi connectivity index (χ4v) is 2.40. The minimum Gasteiger partial charge on any atom is -0.403 e. The van der Waals surface area contributed by atoms with Crippen molar-refractivity contribution < 1.29 is 9.63 Å². The number of rotatable bonds is 2. The average Bonchev–Trinajstić information content (AvgIpc) is 2.65. The van der Waals surface area contributed by atoms with E-state index in [-0.39, 0.29) is 11.9 Å². The third-order valence-electron chi connectivity index (χ3n) is 3.25. The third kappa shape index (κ3) is 2.76. The Hall–Kier alpha value is -1.03. The lowest BCUT2D eigenvalue weighted by molar-refractivity contribution is -0.122. The molecule has 3 unspecified atom stereocenters. The van der Waals surface area contributed by atoms with Crippen molar-refractivity contribution in [3.63, 3.8) is 0 Å². The van der Waals surface area contributed by atoms with Gasteiger partial charge in [0.05, 0.1) is 6.04 Å². The lowest BCUT2D eigenvalue weighted by Gasteiger charge is -2.27. The molecule has 0 aromatic carbocycles. The van der Waals surface area contributed by atoms with Crippen molar-refractivity contribution in [3.8, 4) is 0 Å². The van der Waals surface area contributed by atoms with Crippen molar-refractivity contribution in [3.05, 3.63) is 11.8 Å². The molecular weight excluding hydrogens is 204 g/mol. The Labute approximate surface area is 96.4 Å². The van der Waals surface area contributed by atoms with E-state index in [1.54, 1.807) is 0 Å². The highest BCUT2D eigenvalue weighted by Crippen LogP contribution is 2.23. The van der Waals surface area contributed by atoms with Crippen LogP contribution in [-0.2, 0) is 9.63 Å². The number of amides is 1. The summed E-state index contributed by atoms with van der Waals surface area (Å²) in [5.41, 5.74) is 2.74. The van der Waals surface area contributed by atoms with Crippen LogP contribution in [0, 0.1) is 5.92 Å². The lowest BCUT2D eigenvalue weighted by atomic mass is 9.87. The van der Waals surface area contributed by atoms with E-state index in [1.165, 1.54) is 12.8 Å². The molecule has 0 radical (unpaired) electrons. The Morgan fingerprint density at radius 2 is 2.31 bits per heavy atom. The molecule has 2 rings (SSSR count). The van der Waals surface area contributed by atoms with Gasteiger partial charge in [-0.1, -0.05) is 19.8 Å². The van der Waals surface area contributed by atoms with Crippen molar-refractivity contribution in [2.24, 2.45) is 5.92 Å². The summed E-state index contributed by atoms with van der Waals surface area (Å²) in [6, 6.07) is 0.433. The van der Waals surface area contributed by atoms with Crippen LogP contribution in [0.2, 0.25) is 0 Å². The summed E-state index contributed by atoms with van der Waals surface area (Å²) in [4.78, 5) is 16.9. The number of carbonyl (C=O) groups is 1. The van der Waals surface area contributed by atoms with Gasteiger partial charge in [0.2, 0.25) is 5.76 Å². The first kappa shape index (κ1) is 11.5. The number of hydrogen-bond acceptors (Lipinski definition) is 3. The second-order valence-electron chi connectivity index (χ2n) is 4.98. The van der Waals surface area contributed by atoms with Crippen LogP contribution in [0.3, 0.4) is 0 Å². The molecule has 2 aliphatic rings. The third-order valence-corrected chi connectivity index (χ3v) is 3.25. The van der Waals surface area contributed by atoms with Gasteiger partial charge in [-0.3, -0.25) is 4.79 Å². The lowest BCUT2D eigenvalue weighted by Crippen LogP contribution is -2.39. The highest BCUT2D eigenvalue weighted by molar-refractivity contribution is 5.92. The van der Waals surface area contributed by atoms with Crippen LogP contribution in [-0.4, -0.2) is 18.0 Å². The van der Waals surface area contributed by atoms with Crippen molar-refractivity contribution in [1.29, 1.82) is 0 Å². The van der Waals surface area contributed by atoms with Gasteiger partial charge in [0.25, 0.3) is 5.91 Å². The molecule has 0 saturated heterocycles. The van der Waals surface area contributed by atoms with Gasteiger partial charge in [0.15, 0.2) is 0 Å². The van der Waals surface area contributed by atoms with Gasteiger partial charge >= 0.3 is 0 Å². The summed E-state index contributed by atoms with van der Waals surface area (Å²) in [6.45, 7) is 4.19. The van der Waals surface area contributed by atoms with Crippen LogP contribution < -0.4 is 10.8 Å². The number of hydroxylamine groups is 1. The molecule has 3 atom stereocenters. The van der Waals surface area contributed by atoms with E-state index in [2.05, 4.69) is 17.7 Å². The first-order valence-electron chi connectivity index (χ1n) is 6.10. The molecule has 16 heavy (non-hydrogen) atoms. The Kier molecular flexibility index (Phi) is 3.49. The number of carbonyl (C=O) groups excluding carboxylic acids is 1. The summed E-state index contributed by atoms with van der Waals surface area (Å²) >= 11 is 0. The molecule has 4 nitrogen and oxygen atoms in total. The summed E-state index contributed by atoms with van der Waals surface area (Å²) in [5.74, 6) is 1.04. The smallest absolute Gasteiger partial charge is 0.288 e. The van der Waals surface area contributed by atoms with Gasteiger partial charge in [-0.25, -0.2) is 0 Å². The van der Waals surface area contributed by atoms with Crippen molar-refractivity contribution in [2.45, 2.75) is 51.6 Å². The Balaban J connectivity index is 1.85. The molecular formula is C12H20N2O2. The molecule has 1 aliphatic carbocycles. The van der Waals surface area contributed by atoms with Gasteiger partial charge in [-0.15, -0.1) is 5.48 Å². The molecule has 1 fully saturated rings. The second-order valence-corrected chi connectivity index (χ2v) is 4.98. The molecule has 1 saturated carbocycles. The molecule has 0 aromatic rings. The quantitative estimate of drug-likeness (QED) is 0.747. The SMILES string of the molecule is CC1CCCC(NC(=O)C2=CC(C)NO2)C1. The van der Waals surface area contributed by atoms with Crippen LogP contribution in [0.1, 0.15) is 39.5 Å². The van der Waals surface area contributed by atoms with Gasteiger partial charge in [0, 0.05) is 6.04 Å². The molecule has 0 aromatic heterocycles. The fraction of sp³-hybridized carbons (Fsp3) is 0.750. The van der Waals surface area contributed by atoms with Gasteiger partial charge in [-0.2, -0.15) is 0 Å². The number of nitrogens with one attached hydrogen (secondary N) is 2. The molecule has 1 aliphatic heterocycles. The first-order chi connectivity index (χ1) is 7.65. The van der Waals surface area contributed by atoms with Crippen LogP contribution in [0.5, 0.6) is 0 Å². The average molecular weight is 224 g/mol. The van der Waals surface area contributed by atoms with Crippen LogP contribution >= 0.6 is 0 Å². The van der Waals surface area contributed by atoms with Gasteiger partial charge in [-0.05, 0) is 31.8 Å². The monoisotopic (exact) mass is 224 g/mol. The van der Waals surface area contributed by atoms with Crippen molar-refractivity contribution in [2.75, 3.05) is 0 Å². The molecule has 4 heteroatoms. The summed E-state index contributed by atoms with van der Waals surface area (Å²) in [6.07, 6.45) is 6.47. The normalized spacial score (nSPS) is 34.1. The van der Waals surface area contributed by atoms with Crippen LogP contribution in [0.25, 0.3) is 0 Å². The molecule has 2 N–H and O–H groups in total. The van der Waals surface area contributed by atoms with E-state index in [0.29, 0.717) is 11.8 Å². The zero-order chi connectivity index (χ0) is 11.5. The fourth-order valence-electron chi connectivity index (χ4n) is 2.40. The molecule has 90 valence electrons. The van der Waals surface area contributed by atoms with Crippen LogP contribution in [0.15, 0.2) is 11.8 Å². The molecule has 0 spiro atoms. The standard InChI is InChI=1S/C12H20N2O2/c1-8-4-3-5-10(6-8)13-12(15)11-7-9(2)14-16-11/h7-10,14H,3-6H2,1-2H3,(H,13,15). The number of hydrogen-bond donors (Lipinski definition) is 2. The molecule has 1 heterocycles. The highest BCUT2D eigenvalue weighted by Gasteiger charge is 2.24. The van der Waals surface area contributed by atoms with Crippen molar-refractivity contribution in [1.82, 2.24) is 10.8 Å². The second kappa shape index (κ2) is 4.87. The first-order valence-corrected chi connectivity index (χ1v) is 6.10. The summed E-state index contributed by atoms with van der Waals surface area (Å²) in [7, 11) is 0. The minimum atomic E-state index is -0.0871. The Morgan fingerprint density at radius 3 is 2.94 bits per heavy atom. The Morgan fingerprint density at radius 1 is 1.50 bits per heavy atom. The summed E-state index contributed by atoms with van der Waals surface area (Å²) in [5, 5.41) is 3.04. The van der Waals surface area contributed by atoms with Gasteiger partial charge < -0.3 is 10.2 Å². The predicted molar refractivity (Wildman–Crippen MR) is 61.3 cm³/mol. The maximum absolute atomic E-state index is 11.8. The zero-order valence-corrected chi connectivity index (χ0v) is 9.95. The van der Waals surface area contributed by atoms with E-state index in [4.69, 9.17) is 4.84 Å². The zero-order valence-electron chi connectivity index (χ0n) is 9.95. The minimum absolute atomic E-state index is 0.0871. The van der Waals surface area contributed by atoms with Gasteiger partial charge in [0.1, 0.15) is 0 Å². The van der Waals surface area contributed by atoms with Crippen LogP contribution in [0.4, 0.5) is 0 Å². The van der Waals surface area contributed by atoms with E-state index in [0.717, 1.165) is 18.8 Å². The maximum atomic E-state index is 11.8. The Bertz CT molecular complexity index is 301. The van der Waals surface area contributed by atoms with E-state index in [1.807, 2.05) is 13.0 Å².